The van der Waals surface area contributed by atoms with E-state index in [4.69, 9.17) is 4.74 Å². The lowest BCUT2D eigenvalue weighted by atomic mass is 10.3. The van der Waals surface area contributed by atoms with Crippen molar-refractivity contribution in [3.05, 3.63) is 50.4 Å². The maximum absolute atomic E-state index is 13.3. The van der Waals surface area contributed by atoms with E-state index in [2.05, 4.69) is 27.3 Å². The number of benzene rings is 1. The van der Waals surface area contributed by atoms with E-state index in [0.29, 0.717) is 16.8 Å². The van der Waals surface area contributed by atoms with Crippen LogP contribution in [0.2, 0.25) is 0 Å². The van der Waals surface area contributed by atoms with E-state index in [-0.39, 0.29) is 5.82 Å². The first-order valence-electron chi connectivity index (χ1n) is 5.49. The van der Waals surface area contributed by atoms with Gasteiger partial charge in [-0.25, -0.2) is 4.39 Å². The van der Waals surface area contributed by atoms with Crippen LogP contribution in [0.3, 0.4) is 0 Å². The molecule has 2 aromatic rings. The lowest BCUT2D eigenvalue weighted by molar-refractivity contribution is 0.308. The van der Waals surface area contributed by atoms with Crippen LogP contribution in [0.25, 0.3) is 0 Å². The molecular weight excluding hydrogens is 317 g/mol. The van der Waals surface area contributed by atoms with Crippen molar-refractivity contribution in [2.45, 2.75) is 13.2 Å². The molecule has 0 unspecified atom stereocenters. The van der Waals surface area contributed by atoms with Gasteiger partial charge in [-0.1, -0.05) is 0 Å². The average Bonchev–Trinajstić information content (AvgIpc) is 2.79. The Morgan fingerprint density at radius 1 is 1.28 bits per heavy atom. The van der Waals surface area contributed by atoms with Crippen LogP contribution >= 0.6 is 27.3 Å². The van der Waals surface area contributed by atoms with Crippen LogP contribution in [0, 0.1) is 5.82 Å². The number of rotatable bonds is 5. The van der Waals surface area contributed by atoms with Gasteiger partial charge in [-0.2, -0.15) is 0 Å². The Bertz CT molecular complexity index is 529. The molecule has 0 bridgehead atoms. The van der Waals surface area contributed by atoms with Gasteiger partial charge in [0.05, 0.1) is 4.47 Å². The Morgan fingerprint density at radius 2 is 2.06 bits per heavy atom. The second kappa shape index (κ2) is 6.31. The molecular formula is C13H13BrFNOS. The zero-order valence-electron chi connectivity index (χ0n) is 9.87. The summed E-state index contributed by atoms with van der Waals surface area (Å²) in [5.41, 5.74) is 0. The normalized spacial score (nSPS) is 10.6. The van der Waals surface area contributed by atoms with Crippen molar-refractivity contribution in [2.75, 3.05) is 7.05 Å². The third kappa shape index (κ3) is 3.54. The molecule has 0 aliphatic rings. The molecule has 0 aliphatic carbocycles. The quantitative estimate of drug-likeness (QED) is 0.896. The molecule has 5 heteroatoms. The van der Waals surface area contributed by atoms with Crippen molar-refractivity contribution in [3.8, 4) is 5.75 Å². The highest BCUT2D eigenvalue weighted by Crippen LogP contribution is 2.23. The van der Waals surface area contributed by atoms with Crippen molar-refractivity contribution in [2.24, 2.45) is 0 Å². The highest BCUT2D eigenvalue weighted by Gasteiger charge is 2.03. The highest BCUT2D eigenvalue weighted by atomic mass is 79.9. The molecule has 0 fully saturated rings. The van der Waals surface area contributed by atoms with Gasteiger partial charge in [-0.3, -0.25) is 0 Å². The van der Waals surface area contributed by atoms with Gasteiger partial charge in [-0.05, 0) is 47.2 Å². The molecule has 0 saturated carbocycles. The number of hydrogen-bond donors (Lipinski definition) is 1. The Balaban J connectivity index is 1.95. The predicted molar refractivity (Wildman–Crippen MR) is 75.5 cm³/mol. The van der Waals surface area contributed by atoms with Crippen LogP contribution in [0.1, 0.15) is 9.75 Å². The maximum atomic E-state index is 13.3. The summed E-state index contributed by atoms with van der Waals surface area (Å²) in [6.07, 6.45) is 0. The fourth-order valence-electron chi connectivity index (χ4n) is 1.49. The zero-order chi connectivity index (χ0) is 13.0. The number of hydrogen-bond acceptors (Lipinski definition) is 3. The average molecular weight is 330 g/mol. The summed E-state index contributed by atoms with van der Waals surface area (Å²) in [5, 5.41) is 3.10. The van der Waals surface area contributed by atoms with Gasteiger partial charge >= 0.3 is 0 Å². The van der Waals surface area contributed by atoms with Gasteiger partial charge in [0, 0.05) is 22.4 Å². The summed E-state index contributed by atoms with van der Waals surface area (Å²) in [4.78, 5) is 2.39. The van der Waals surface area contributed by atoms with Crippen molar-refractivity contribution in [1.82, 2.24) is 5.32 Å². The molecule has 1 aromatic carbocycles. The van der Waals surface area contributed by atoms with Crippen LogP contribution in [0.5, 0.6) is 5.75 Å². The molecule has 1 aromatic heterocycles. The molecule has 1 N–H and O–H groups in total. The van der Waals surface area contributed by atoms with Gasteiger partial charge in [0.1, 0.15) is 18.2 Å². The standard InChI is InChI=1S/C13H13BrFNOS/c1-16-7-10-3-4-11(18-10)8-17-9-2-5-12(14)13(15)6-9/h2-6,16H,7-8H2,1H3. The molecule has 0 spiro atoms. The second-order valence-electron chi connectivity index (χ2n) is 3.76. The Hall–Kier alpha value is -0.910. The minimum atomic E-state index is -0.311. The van der Waals surface area contributed by atoms with Crippen LogP contribution in [0.15, 0.2) is 34.8 Å². The fraction of sp³-hybridized carbons (Fsp3) is 0.231. The molecule has 0 saturated heterocycles. The van der Waals surface area contributed by atoms with Crippen LogP contribution < -0.4 is 10.1 Å². The Kier molecular flexibility index (Phi) is 4.74. The molecule has 0 radical (unpaired) electrons. The van der Waals surface area contributed by atoms with Gasteiger partial charge < -0.3 is 10.1 Å². The monoisotopic (exact) mass is 329 g/mol. The predicted octanol–water partition coefficient (Wildman–Crippen LogP) is 3.95. The van der Waals surface area contributed by atoms with Crippen molar-refractivity contribution in [3.63, 3.8) is 0 Å². The number of ether oxygens (including phenoxy) is 1. The summed E-state index contributed by atoms with van der Waals surface area (Å²) < 4.78 is 19.3. The van der Waals surface area contributed by atoms with Gasteiger partial charge in [0.2, 0.25) is 0 Å². The van der Waals surface area contributed by atoms with E-state index in [1.165, 1.54) is 10.9 Å². The summed E-state index contributed by atoms with van der Waals surface area (Å²) >= 11 is 4.80. The van der Waals surface area contributed by atoms with Crippen molar-refractivity contribution >= 4 is 27.3 Å². The van der Waals surface area contributed by atoms with Crippen molar-refractivity contribution < 1.29 is 9.13 Å². The zero-order valence-corrected chi connectivity index (χ0v) is 12.3. The van der Waals surface area contributed by atoms with Crippen LogP contribution in [-0.4, -0.2) is 7.05 Å². The lowest BCUT2D eigenvalue weighted by Crippen LogP contribution is -2.02. The van der Waals surface area contributed by atoms with E-state index in [0.717, 1.165) is 11.4 Å². The smallest absolute Gasteiger partial charge is 0.141 e. The summed E-state index contributed by atoms with van der Waals surface area (Å²) in [6.45, 7) is 1.33. The Labute approximate surface area is 118 Å². The minimum absolute atomic E-state index is 0.311. The van der Waals surface area contributed by atoms with E-state index in [9.17, 15) is 4.39 Å². The van der Waals surface area contributed by atoms with Crippen LogP contribution in [0.4, 0.5) is 4.39 Å². The molecule has 96 valence electrons. The first-order chi connectivity index (χ1) is 8.69. The Morgan fingerprint density at radius 3 is 2.78 bits per heavy atom. The summed E-state index contributed by atoms with van der Waals surface area (Å²) in [7, 11) is 1.92. The van der Waals surface area contributed by atoms with Gasteiger partial charge in [0.15, 0.2) is 0 Å². The summed E-state index contributed by atoms with van der Waals surface area (Å²) in [5.74, 6) is 0.230. The number of halogens is 2. The molecule has 2 nitrogen and oxygen atoms in total. The third-order valence-corrected chi connectivity index (χ3v) is 4.04. The molecule has 0 atom stereocenters. The molecule has 2 rings (SSSR count). The molecule has 0 aliphatic heterocycles. The lowest BCUT2D eigenvalue weighted by Gasteiger charge is -2.05. The second-order valence-corrected chi connectivity index (χ2v) is 5.87. The molecule has 18 heavy (non-hydrogen) atoms. The first kappa shape index (κ1) is 13.5. The molecule has 0 amide bonds. The fourth-order valence-corrected chi connectivity index (χ4v) is 2.68. The van der Waals surface area contributed by atoms with Crippen molar-refractivity contribution in [1.29, 1.82) is 0 Å². The SMILES string of the molecule is CNCc1ccc(COc2ccc(Br)c(F)c2)s1. The van der Waals surface area contributed by atoms with E-state index < -0.39 is 0 Å². The van der Waals surface area contributed by atoms with Crippen LogP contribution in [-0.2, 0) is 13.2 Å². The van der Waals surface area contributed by atoms with E-state index in [1.807, 2.05) is 13.1 Å². The first-order valence-corrected chi connectivity index (χ1v) is 7.10. The largest absolute Gasteiger partial charge is 0.488 e. The number of thiophene rings is 1. The topological polar surface area (TPSA) is 21.3 Å². The molecule has 1 heterocycles. The van der Waals surface area contributed by atoms with E-state index >= 15 is 0 Å². The maximum Gasteiger partial charge on any atom is 0.141 e. The number of nitrogens with one attached hydrogen (secondary N) is 1. The highest BCUT2D eigenvalue weighted by molar-refractivity contribution is 9.10. The third-order valence-electron chi connectivity index (χ3n) is 2.34. The summed E-state index contributed by atoms with van der Waals surface area (Å²) in [6, 6.07) is 8.88. The van der Waals surface area contributed by atoms with Gasteiger partial charge in [0.25, 0.3) is 0 Å². The minimum Gasteiger partial charge on any atom is -0.488 e. The van der Waals surface area contributed by atoms with E-state index in [1.54, 1.807) is 23.5 Å². The van der Waals surface area contributed by atoms with Gasteiger partial charge in [-0.15, -0.1) is 11.3 Å².